The Bertz CT molecular complexity index is 399. The fourth-order valence-corrected chi connectivity index (χ4v) is 3.53. The zero-order chi connectivity index (χ0) is 11.8. The van der Waals surface area contributed by atoms with E-state index in [0.717, 1.165) is 6.42 Å². The number of halogens is 2. The Morgan fingerprint density at radius 2 is 2.38 bits per heavy atom. The molecule has 1 aliphatic rings. The third kappa shape index (κ3) is 2.70. The fraction of sp³-hybridized carbons (Fsp3) is 0.500. The normalized spacial score (nSPS) is 29.6. The third-order valence-electron chi connectivity index (χ3n) is 2.83. The number of hydrogen-bond acceptors (Lipinski definition) is 2. The Morgan fingerprint density at radius 3 is 3.00 bits per heavy atom. The lowest BCUT2D eigenvalue weighted by Gasteiger charge is -2.22. The largest absolute Gasteiger partial charge is 0.389 e. The molecule has 4 heteroatoms. The highest BCUT2D eigenvalue weighted by Gasteiger charge is 2.36. The van der Waals surface area contributed by atoms with E-state index in [1.165, 1.54) is 12.1 Å². The minimum absolute atomic E-state index is 0.304. The van der Waals surface area contributed by atoms with E-state index in [1.807, 2.05) is 0 Å². The molecule has 2 atom stereocenters. The molecule has 0 amide bonds. The van der Waals surface area contributed by atoms with E-state index >= 15 is 0 Å². The minimum Gasteiger partial charge on any atom is -0.389 e. The average molecular weight is 261 g/mol. The van der Waals surface area contributed by atoms with Gasteiger partial charge in [-0.25, -0.2) is 4.39 Å². The predicted octanol–water partition coefficient (Wildman–Crippen LogP) is 3.28. The summed E-state index contributed by atoms with van der Waals surface area (Å²) in [5.41, 5.74) is -0.0412. The van der Waals surface area contributed by atoms with E-state index < -0.39 is 5.60 Å². The van der Waals surface area contributed by atoms with Gasteiger partial charge >= 0.3 is 0 Å². The summed E-state index contributed by atoms with van der Waals surface area (Å²) in [7, 11) is 0. The van der Waals surface area contributed by atoms with E-state index in [9.17, 15) is 9.50 Å². The van der Waals surface area contributed by atoms with Gasteiger partial charge in [-0.1, -0.05) is 18.5 Å². The monoisotopic (exact) mass is 260 g/mol. The zero-order valence-electron chi connectivity index (χ0n) is 9.04. The minimum atomic E-state index is -0.735. The quantitative estimate of drug-likeness (QED) is 0.881. The van der Waals surface area contributed by atoms with Crippen LogP contribution in [0.4, 0.5) is 4.39 Å². The highest BCUT2D eigenvalue weighted by molar-refractivity contribution is 8.00. The number of aliphatic hydroxyl groups is 1. The molecule has 0 aromatic heterocycles. The van der Waals surface area contributed by atoms with Crippen molar-refractivity contribution < 1.29 is 9.50 Å². The molecule has 2 rings (SSSR count). The summed E-state index contributed by atoms with van der Waals surface area (Å²) in [6.45, 7) is 2.09. The first kappa shape index (κ1) is 12.2. The Morgan fingerprint density at radius 1 is 1.62 bits per heavy atom. The van der Waals surface area contributed by atoms with Crippen molar-refractivity contribution in [3.8, 4) is 0 Å². The Hall–Kier alpha value is -0.250. The van der Waals surface area contributed by atoms with Crippen LogP contribution in [0.25, 0.3) is 0 Å². The molecule has 2 unspecified atom stereocenters. The summed E-state index contributed by atoms with van der Waals surface area (Å²) in [6.07, 6.45) is 1.17. The highest BCUT2D eigenvalue weighted by Crippen LogP contribution is 2.37. The first-order chi connectivity index (χ1) is 7.48. The summed E-state index contributed by atoms with van der Waals surface area (Å²) in [5, 5.41) is 11.3. The predicted molar refractivity (Wildman–Crippen MR) is 66.6 cm³/mol. The molecule has 1 aromatic carbocycles. The topological polar surface area (TPSA) is 20.2 Å². The maximum Gasteiger partial charge on any atom is 0.123 e. The van der Waals surface area contributed by atoms with Gasteiger partial charge in [0.05, 0.1) is 5.60 Å². The molecule has 1 N–H and O–H groups in total. The van der Waals surface area contributed by atoms with Crippen LogP contribution < -0.4 is 0 Å². The van der Waals surface area contributed by atoms with E-state index in [1.54, 1.807) is 17.8 Å². The molecule has 88 valence electrons. The van der Waals surface area contributed by atoms with Crippen LogP contribution in [0, 0.1) is 5.82 Å². The van der Waals surface area contributed by atoms with Crippen molar-refractivity contribution in [3.63, 3.8) is 0 Å². The van der Waals surface area contributed by atoms with Crippen LogP contribution in [0.15, 0.2) is 18.2 Å². The standard InChI is InChI=1S/C12H14ClFOS/c1-8-5-12(15,7-16-8)6-9-4-10(14)2-3-11(9)13/h2-4,8,15H,5-7H2,1H3. The Labute approximate surface area is 104 Å². The molecule has 1 nitrogen and oxygen atoms in total. The number of hydrogen-bond donors (Lipinski definition) is 1. The van der Waals surface area contributed by atoms with Crippen molar-refractivity contribution in [2.75, 3.05) is 5.75 Å². The smallest absolute Gasteiger partial charge is 0.123 e. The van der Waals surface area contributed by atoms with Crippen LogP contribution in [-0.2, 0) is 6.42 Å². The van der Waals surface area contributed by atoms with E-state index in [4.69, 9.17) is 11.6 Å². The van der Waals surface area contributed by atoms with Gasteiger partial charge in [-0.05, 0) is 30.2 Å². The number of rotatable bonds is 2. The van der Waals surface area contributed by atoms with Gasteiger partial charge in [-0.3, -0.25) is 0 Å². The lowest BCUT2D eigenvalue weighted by atomic mass is 9.92. The van der Waals surface area contributed by atoms with Crippen LogP contribution in [0.2, 0.25) is 5.02 Å². The van der Waals surface area contributed by atoms with Crippen LogP contribution in [0.5, 0.6) is 0 Å². The maximum absolute atomic E-state index is 13.1. The van der Waals surface area contributed by atoms with Gasteiger partial charge in [0.1, 0.15) is 5.82 Å². The molecule has 0 saturated carbocycles. The number of benzene rings is 1. The molecule has 1 saturated heterocycles. The summed E-state index contributed by atoms with van der Waals surface area (Å²) in [6, 6.07) is 4.29. The summed E-state index contributed by atoms with van der Waals surface area (Å²) >= 11 is 7.74. The zero-order valence-corrected chi connectivity index (χ0v) is 10.6. The molecule has 0 radical (unpaired) electrons. The second kappa shape index (κ2) is 4.55. The summed E-state index contributed by atoms with van der Waals surface area (Å²) in [5.74, 6) is 0.391. The molecular weight excluding hydrogens is 247 g/mol. The van der Waals surface area contributed by atoms with Crippen molar-refractivity contribution in [3.05, 3.63) is 34.6 Å². The van der Waals surface area contributed by atoms with Gasteiger partial charge in [-0.15, -0.1) is 0 Å². The molecule has 1 aliphatic heterocycles. The lowest BCUT2D eigenvalue weighted by molar-refractivity contribution is 0.0642. The lowest BCUT2D eigenvalue weighted by Crippen LogP contribution is -2.31. The molecule has 1 heterocycles. The molecule has 1 aromatic rings. The molecule has 0 bridgehead atoms. The van der Waals surface area contributed by atoms with Crippen LogP contribution in [-0.4, -0.2) is 21.7 Å². The van der Waals surface area contributed by atoms with Gasteiger partial charge in [0.25, 0.3) is 0 Å². The van der Waals surface area contributed by atoms with Gasteiger partial charge in [0.2, 0.25) is 0 Å². The maximum atomic E-state index is 13.1. The molecule has 16 heavy (non-hydrogen) atoms. The van der Waals surface area contributed by atoms with Crippen LogP contribution in [0.3, 0.4) is 0 Å². The number of thioether (sulfide) groups is 1. The third-order valence-corrected chi connectivity index (χ3v) is 4.64. The van der Waals surface area contributed by atoms with Crippen molar-refractivity contribution in [1.82, 2.24) is 0 Å². The molecule has 0 spiro atoms. The van der Waals surface area contributed by atoms with Crippen LogP contribution >= 0.6 is 23.4 Å². The molecular formula is C12H14ClFOS. The highest BCUT2D eigenvalue weighted by atomic mass is 35.5. The van der Waals surface area contributed by atoms with E-state index in [-0.39, 0.29) is 5.82 Å². The Kier molecular flexibility index (Phi) is 3.48. The van der Waals surface area contributed by atoms with Crippen LogP contribution in [0.1, 0.15) is 18.9 Å². The molecule has 0 aliphatic carbocycles. The summed E-state index contributed by atoms with van der Waals surface area (Å²) in [4.78, 5) is 0. The fourth-order valence-electron chi connectivity index (χ4n) is 2.11. The molecule has 1 fully saturated rings. The first-order valence-corrected chi connectivity index (χ1v) is 6.69. The van der Waals surface area contributed by atoms with Gasteiger partial charge in [0, 0.05) is 22.4 Å². The van der Waals surface area contributed by atoms with Crippen molar-refractivity contribution >= 4 is 23.4 Å². The summed E-state index contributed by atoms with van der Waals surface area (Å²) < 4.78 is 13.1. The van der Waals surface area contributed by atoms with Gasteiger partial charge in [0.15, 0.2) is 0 Å². The first-order valence-electron chi connectivity index (χ1n) is 5.26. The van der Waals surface area contributed by atoms with Crippen molar-refractivity contribution in [2.45, 2.75) is 30.6 Å². The van der Waals surface area contributed by atoms with Gasteiger partial charge < -0.3 is 5.11 Å². The average Bonchev–Trinajstić information content (AvgIpc) is 2.52. The van der Waals surface area contributed by atoms with E-state index in [2.05, 4.69) is 6.92 Å². The SMILES string of the molecule is CC1CC(O)(Cc2cc(F)ccc2Cl)CS1. The van der Waals surface area contributed by atoms with Crippen molar-refractivity contribution in [2.24, 2.45) is 0 Å². The second-order valence-electron chi connectivity index (χ2n) is 4.46. The Balaban J connectivity index is 2.17. The van der Waals surface area contributed by atoms with Crippen molar-refractivity contribution in [1.29, 1.82) is 0 Å². The second-order valence-corrected chi connectivity index (χ2v) is 6.30. The van der Waals surface area contributed by atoms with Gasteiger partial charge in [-0.2, -0.15) is 11.8 Å². The van der Waals surface area contributed by atoms with E-state index in [0.29, 0.717) is 28.0 Å².